The maximum absolute atomic E-state index is 12.0. The highest BCUT2D eigenvalue weighted by atomic mass is 16.6. The molecule has 2 aliphatic rings. The lowest BCUT2D eigenvalue weighted by molar-refractivity contribution is -0.135. The lowest BCUT2D eigenvalue weighted by atomic mass is 9.86. The van der Waals surface area contributed by atoms with Crippen LogP contribution in [0.25, 0.3) is 0 Å². The van der Waals surface area contributed by atoms with Crippen molar-refractivity contribution in [1.29, 1.82) is 0 Å². The van der Waals surface area contributed by atoms with Crippen LogP contribution in [0.3, 0.4) is 0 Å². The van der Waals surface area contributed by atoms with E-state index in [0.717, 1.165) is 5.56 Å². The molecule has 1 aromatic rings. The smallest absolute Gasteiger partial charge is 0.343 e. The summed E-state index contributed by atoms with van der Waals surface area (Å²) in [7, 11) is 0. The third-order valence-electron chi connectivity index (χ3n) is 4.08. The molecule has 2 atom stereocenters. The number of aryl methyl sites for hydroxylation is 1. The number of rotatable bonds is 3. The number of hydrogen-bond acceptors (Lipinski definition) is 3. The minimum atomic E-state index is -0.330. The summed E-state index contributed by atoms with van der Waals surface area (Å²) >= 11 is 0. The maximum Gasteiger partial charge on any atom is 0.343 e. The minimum Gasteiger partial charge on any atom is -0.425 e. The summed E-state index contributed by atoms with van der Waals surface area (Å²) in [5, 5.41) is 0. The molecule has 102 valence electrons. The predicted molar refractivity (Wildman–Crippen MR) is 72.1 cm³/mol. The van der Waals surface area contributed by atoms with Gasteiger partial charge in [0.25, 0.3) is 0 Å². The predicted octanol–water partition coefficient (Wildman–Crippen LogP) is 3.25. The fourth-order valence-corrected chi connectivity index (χ4v) is 2.99. The standard InChI is InChI=1S/C16H20O3/c1-11-6-5-9-13(10-11)18-16(17)15-14(19-15)12-7-3-2-4-8-12/h5-6,9-10,12,14-15H,2-4,7-8H2,1H3. The van der Waals surface area contributed by atoms with Crippen LogP contribution in [0.15, 0.2) is 24.3 Å². The lowest BCUT2D eigenvalue weighted by Gasteiger charge is -2.19. The van der Waals surface area contributed by atoms with Crippen molar-refractivity contribution >= 4 is 5.97 Å². The van der Waals surface area contributed by atoms with Crippen LogP contribution in [-0.4, -0.2) is 18.2 Å². The van der Waals surface area contributed by atoms with Crippen LogP contribution in [0.2, 0.25) is 0 Å². The van der Waals surface area contributed by atoms with E-state index in [1.54, 1.807) is 0 Å². The fourth-order valence-electron chi connectivity index (χ4n) is 2.99. The number of epoxide rings is 1. The van der Waals surface area contributed by atoms with Crippen molar-refractivity contribution in [3.8, 4) is 5.75 Å². The molecule has 2 unspecified atom stereocenters. The zero-order valence-electron chi connectivity index (χ0n) is 11.3. The zero-order chi connectivity index (χ0) is 13.2. The van der Waals surface area contributed by atoms with Gasteiger partial charge in [0, 0.05) is 0 Å². The SMILES string of the molecule is Cc1cccc(OC(=O)C2OC2C2CCCCC2)c1. The normalized spacial score (nSPS) is 27.0. The summed E-state index contributed by atoms with van der Waals surface area (Å²) in [6, 6.07) is 7.55. The molecule has 2 fully saturated rings. The van der Waals surface area contributed by atoms with Crippen molar-refractivity contribution in [2.24, 2.45) is 5.92 Å². The van der Waals surface area contributed by atoms with Crippen molar-refractivity contribution in [3.05, 3.63) is 29.8 Å². The first-order valence-electron chi connectivity index (χ1n) is 7.18. The van der Waals surface area contributed by atoms with Crippen LogP contribution in [0.5, 0.6) is 5.75 Å². The molecule has 3 rings (SSSR count). The number of ether oxygens (including phenoxy) is 2. The van der Waals surface area contributed by atoms with E-state index in [0.29, 0.717) is 11.7 Å². The number of benzene rings is 1. The molecule has 3 nitrogen and oxygen atoms in total. The molecule has 1 aromatic carbocycles. The minimum absolute atomic E-state index is 0.109. The van der Waals surface area contributed by atoms with Crippen molar-refractivity contribution < 1.29 is 14.3 Å². The van der Waals surface area contributed by atoms with Crippen molar-refractivity contribution in [3.63, 3.8) is 0 Å². The van der Waals surface area contributed by atoms with E-state index >= 15 is 0 Å². The largest absolute Gasteiger partial charge is 0.425 e. The highest BCUT2D eigenvalue weighted by Gasteiger charge is 2.50. The van der Waals surface area contributed by atoms with E-state index in [1.165, 1.54) is 32.1 Å². The quantitative estimate of drug-likeness (QED) is 0.476. The zero-order valence-corrected chi connectivity index (χ0v) is 11.3. The van der Waals surface area contributed by atoms with Gasteiger partial charge < -0.3 is 9.47 Å². The number of carbonyl (C=O) groups is 1. The van der Waals surface area contributed by atoms with Gasteiger partial charge in [-0.2, -0.15) is 0 Å². The Morgan fingerprint density at radius 1 is 1.26 bits per heavy atom. The fraction of sp³-hybridized carbons (Fsp3) is 0.562. The van der Waals surface area contributed by atoms with Crippen molar-refractivity contribution in [1.82, 2.24) is 0 Å². The molecule has 1 aliphatic heterocycles. The van der Waals surface area contributed by atoms with Gasteiger partial charge in [0.2, 0.25) is 0 Å². The third-order valence-corrected chi connectivity index (χ3v) is 4.08. The van der Waals surface area contributed by atoms with Gasteiger partial charge >= 0.3 is 5.97 Å². The van der Waals surface area contributed by atoms with Crippen molar-refractivity contribution in [2.45, 2.75) is 51.2 Å². The average Bonchev–Trinajstić information content (AvgIpc) is 3.20. The Bertz CT molecular complexity index is 463. The van der Waals surface area contributed by atoms with Crippen LogP contribution >= 0.6 is 0 Å². The second-order valence-electron chi connectivity index (χ2n) is 5.66. The molecule has 1 saturated heterocycles. The lowest BCUT2D eigenvalue weighted by Crippen LogP contribution is -2.22. The number of carbonyl (C=O) groups excluding carboxylic acids is 1. The second-order valence-corrected chi connectivity index (χ2v) is 5.66. The monoisotopic (exact) mass is 260 g/mol. The number of esters is 1. The van der Waals surface area contributed by atoms with E-state index in [2.05, 4.69) is 0 Å². The van der Waals surface area contributed by atoms with Crippen LogP contribution in [0.1, 0.15) is 37.7 Å². The van der Waals surface area contributed by atoms with Gasteiger partial charge in [-0.25, -0.2) is 4.79 Å². The van der Waals surface area contributed by atoms with Gasteiger partial charge in [-0.15, -0.1) is 0 Å². The van der Waals surface area contributed by atoms with Crippen molar-refractivity contribution in [2.75, 3.05) is 0 Å². The Balaban J connectivity index is 1.55. The Labute approximate surface area is 113 Å². The Morgan fingerprint density at radius 3 is 2.79 bits per heavy atom. The summed E-state index contributed by atoms with van der Waals surface area (Å²) < 4.78 is 10.9. The van der Waals surface area contributed by atoms with Crippen LogP contribution in [0, 0.1) is 12.8 Å². The number of hydrogen-bond donors (Lipinski definition) is 0. The molecule has 1 aliphatic carbocycles. The highest BCUT2D eigenvalue weighted by molar-refractivity contribution is 5.80. The Kier molecular flexibility index (Phi) is 3.56. The molecule has 0 amide bonds. The van der Waals surface area contributed by atoms with Gasteiger partial charge in [0.05, 0.1) is 6.10 Å². The molecule has 0 aromatic heterocycles. The van der Waals surface area contributed by atoms with E-state index in [9.17, 15) is 4.79 Å². The van der Waals surface area contributed by atoms with Gasteiger partial charge in [-0.05, 0) is 43.4 Å². The average molecular weight is 260 g/mol. The first kappa shape index (κ1) is 12.7. The summed E-state index contributed by atoms with van der Waals surface area (Å²) in [6.45, 7) is 1.98. The maximum atomic E-state index is 12.0. The van der Waals surface area contributed by atoms with Crippen LogP contribution < -0.4 is 4.74 Å². The summed E-state index contributed by atoms with van der Waals surface area (Å²) in [5.74, 6) is 0.938. The molecular weight excluding hydrogens is 240 g/mol. The second kappa shape index (κ2) is 5.33. The van der Waals surface area contributed by atoms with Gasteiger partial charge in [-0.1, -0.05) is 31.4 Å². The van der Waals surface area contributed by atoms with Crippen LogP contribution in [-0.2, 0) is 9.53 Å². The summed E-state index contributed by atoms with van der Waals surface area (Å²) in [4.78, 5) is 12.0. The Morgan fingerprint density at radius 2 is 2.05 bits per heavy atom. The van der Waals surface area contributed by atoms with E-state index < -0.39 is 0 Å². The van der Waals surface area contributed by atoms with Gasteiger partial charge in [0.15, 0.2) is 6.10 Å². The van der Waals surface area contributed by atoms with E-state index in [-0.39, 0.29) is 18.2 Å². The highest BCUT2D eigenvalue weighted by Crippen LogP contribution is 2.39. The molecule has 3 heteroatoms. The first-order valence-corrected chi connectivity index (χ1v) is 7.18. The molecule has 1 saturated carbocycles. The van der Waals surface area contributed by atoms with Crippen LogP contribution in [0.4, 0.5) is 0 Å². The first-order chi connectivity index (χ1) is 9.24. The van der Waals surface area contributed by atoms with Gasteiger partial charge in [0.1, 0.15) is 5.75 Å². The van der Waals surface area contributed by atoms with E-state index in [4.69, 9.17) is 9.47 Å². The Hall–Kier alpha value is -1.35. The van der Waals surface area contributed by atoms with E-state index in [1.807, 2.05) is 31.2 Å². The molecule has 0 spiro atoms. The summed E-state index contributed by atoms with van der Waals surface area (Å²) in [5.41, 5.74) is 1.09. The molecule has 1 heterocycles. The third kappa shape index (κ3) is 2.98. The molecule has 0 bridgehead atoms. The summed E-state index contributed by atoms with van der Waals surface area (Å²) in [6.07, 6.45) is 6.02. The molecular formula is C16H20O3. The molecule has 19 heavy (non-hydrogen) atoms. The molecule has 0 N–H and O–H groups in total. The van der Waals surface area contributed by atoms with Gasteiger partial charge in [-0.3, -0.25) is 0 Å². The topological polar surface area (TPSA) is 38.8 Å². The molecule has 0 radical (unpaired) electrons.